The number of benzene rings is 1. The van der Waals surface area contributed by atoms with Crippen molar-refractivity contribution in [2.24, 2.45) is 10.9 Å². The van der Waals surface area contributed by atoms with Gasteiger partial charge in [-0.2, -0.15) is 0 Å². The summed E-state index contributed by atoms with van der Waals surface area (Å²) in [5, 5.41) is 3.52. The normalized spacial score (nSPS) is 13.2. The molecule has 23 heavy (non-hydrogen) atoms. The van der Waals surface area contributed by atoms with E-state index >= 15 is 0 Å². The van der Waals surface area contributed by atoms with Crippen molar-refractivity contribution in [3.05, 3.63) is 58.2 Å². The first kappa shape index (κ1) is 19.5. The molecule has 0 bridgehead atoms. The maximum atomic E-state index is 12.2. The van der Waals surface area contributed by atoms with Crippen molar-refractivity contribution in [2.45, 2.75) is 27.2 Å². The van der Waals surface area contributed by atoms with E-state index in [1.165, 1.54) is 0 Å². The van der Waals surface area contributed by atoms with Crippen LogP contribution in [0.3, 0.4) is 0 Å². The van der Waals surface area contributed by atoms with Crippen LogP contribution >= 0.6 is 23.2 Å². The molecule has 0 aliphatic rings. The lowest BCUT2D eigenvalue weighted by atomic mass is 10.1. The number of hydrogen-bond donors (Lipinski definition) is 1. The average molecular weight is 353 g/mol. The Morgan fingerprint density at radius 1 is 1.48 bits per heavy atom. The maximum absolute atomic E-state index is 12.2. The molecule has 0 heterocycles. The molecule has 1 amide bonds. The first-order valence-corrected chi connectivity index (χ1v) is 8.23. The van der Waals surface area contributed by atoms with Crippen LogP contribution in [0, 0.1) is 12.8 Å². The summed E-state index contributed by atoms with van der Waals surface area (Å²) < 4.78 is 0. The molecule has 0 aliphatic heterocycles. The molecule has 0 radical (unpaired) electrons. The number of rotatable bonds is 7. The monoisotopic (exact) mass is 352 g/mol. The van der Waals surface area contributed by atoms with E-state index in [9.17, 15) is 4.79 Å². The van der Waals surface area contributed by atoms with E-state index in [1.54, 1.807) is 18.3 Å². The van der Waals surface area contributed by atoms with Gasteiger partial charge in [0.15, 0.2) is 0 Å². The molecule has 0 fully saturated rings. The summed E-state index contributed by atoms with van der Waals surface area (Å²) in [6.07, 6.45) is 4.72. The number of aliphatic imine (C=N–C) groups is 1. The van der Waals surface area contributed by atoms with E-state index in [1.807, 2.05) is 19.1 Å². The lowest BCUT2D eigenvalue weighted by molar-refractivity contribution is 0.0959. The highest BCUT2D eigenvalue weighted by Crippen LogP contribution is 2.20. The van der Waals surface area contributed by atoms with Gasteiger partial charge >= 0.3 is 0 Å². The van der Waals surface area contributed by atoms with E-state index in [4.69, 9.17) is 23.2 Å². The van der Waals surface area contributed by atoms with Crippen molar-refractivity contribution in [3.63, 3.8) is 0 Å². The van der Waals surface area contributed by atoms with Gasteiger partial charge in [-0.3, -0.25) is 9.79 Å². The van der Waals surface area contributed by atoms with Gasteiger partial charge in [0.05, 0.1) is 27.9 Å². The predicted molar refractivity (Wildman–Crippen MR) is 99.5 cm³/mol. The number of amides is 1. The fourth-order valence-electron chi connectivity index (χ4n) is 1.71. The molecule has 1 aromatic carbocycles. The lowest BCUT2D eigenvalue weighted by Gasteiger charge is -2.09. The molecule has 0 saturated heterocycles. The standard InChI is InChI=1S/C18H22Cl2N2O/c1-5-12(2)9-10-21-16(14(4)19)11-22-18(23)15-8-6-7-13(3)17(15)20/h6-10,12H,4-5,11H2,1-3H3,(H,22,23)/b10-9-,21-16?. The molecular formula is C18H22Cl2N2O. The van der Waals surface area contributed by atoms with Gasteiger partial charge in [0, 0.05) is 6.20 Å². The fourth-order valence-corrected chi connectivity index (χ4v) is 2.04. The summed E-state index contributed by atoms with van der Waals surface area (Å²) in [5.74, 6) is 0.166. The molecular weight excluding hydrogens is 331 g/mol. The van der Waals surface area contributed by atoms with Crippen molar-refractivity contribution in [1.29, 1.82) is 0 Å². The van der Waals surface area contributed by atoms with Crippen LogP contribution in [0.5, 0.6) is 0 Å². The second kappa shape index (κ2) is 9.53. The number of carbonyl (C=O) groups is 1. The Morgan fingerprint density at radius 3 is 2.78 bits per heavy atom. The van der Waals surface area contributed by atoms with Crippen molar-refractivity contribution >= 4 is 34.8 Å². The van der Waals surface area contributed by atoms with Crippen molar-refractivity contribution < 1.29 is 4.79 Å². The zero-order chi connectivity index (χ0) is 17.4. The first-order chi connectivity index (χ1) is 10.9. The summed E-state index contributed by atoms with van der Waals surface area (Å²) in [7, 11) is 0. The molecule has 5 heteroatoms. The Kier molecular flexibility index (Phi) is 8.07. The molecule has 0 aromatic heterocycles. The number of nitrogens with zero attached hydrogens (tertiary/aromatic N) is 1. The molecule has 0 spiro atoms. The Morgan fingerprint density at radius 2 is 2.17 bits per heavy atom. The van der Waals surface area contributed by atoms with E-state index in [-0.39, 0.29) is 12.5 Å². The minimum Gasteiger partial charge on any atom is -0.346 e. The molecule has 0 saturated carbocycles. The molecule has 1 N–H and O–H groups in total. The number of halogens is 2. The van der Waals surface area contributed by atoms with Crippen molar-refractivity contribution in [3.8, 4) is 0 Å². The zero-order valence-electron chi connectivity index (χ0n) is 13.7. The quantitative estimate of drug-likeness (QED) is 0.678. The number of nitrogens with one attached hydrogen (secondary N) is 1. The van der Waals surface area contributed by atoms with Crippen molar-refractivity contribution in [2.75, 3.05) is 6.54 Å². The Hall–Kier alpha value is -1.58. The summed E-state index contributed by atoms with van der Waals surface area (Å²) >= 11 is 12.1. The zero-order valence-corrected chi connectivity index (χ0v) is 15.2. The van der Waals surface area contributed by atoms with Crippen LogP contribution in [0.15, 0.2) is 47.1 Å². The number of carbonyl (C=O) groups excluding carboxylic acids is 1. The fraction of sp³-hybridized carbons (Fsp3) is 0.333. The highest BCUT2D eigenvalue weighted by molar-refractivity contribution is 6.43. The third kappa shape index (κ3) is 6.20. The highest BCUT2D eigenvalue weighted by Gasteiger charge is 2.12. The van der Waals surface area contributed by atoms with Crippen LogP contribution in [-0.2, 0) is 0 Å². The number of aryl methyl sites for hydroxylation is 1. The topological polar surface area (TPSA) is 41.5 Å². The van der Waals surface area contributed by atoms with E-state index in [2.05, 4.69) is 30.7 Å². The largest absolute Gasteiger partial charge is 0.346 e. The number of hydrogen-bond acceptors (Lipinski definition) is 2. The molecule has 1 rings (SSSR count). The third-order valence-corrected chi connectivity index (χ3v) is 4.17. The summed E-state index contributed by atoms with van der Waals surface area (Å²) in [4.78, 5) is 16.5. The van der Waals surface area contributed by atoms with Gasteiger partial charge in [-0.15, -0.1) is 0 Å². The van der Waals surface area contributed by atoms with Crippen LogP contribution in [0.25, 0.3) is 0 Å². The van der Waals surface area contributed by atoms with Gasteiger partial charge in [0.25, 0.3) is 5.91 Å². The van der Waals surface area contributed by atoms with Gasteiger partial charge in [0.1, 0.15) is 0 Å². The van der Waals surface area contributed by atoms with Crippen LogP contribution in [-0.4, -0.2) is 18.2 Å². The van der Waals surface area contributed by atoms with Gasteiger partial charge in [0.2, 0.25) is 0 Å². The van der Waals surface area contributed by atoms with Gasteiger partial charge in [-0.25, -0.2) is 0 Å². The molecule has 1 unspecified atom stereocenters. The molecule has 1 aromatic rings. The molecule has 124 valence electrons. The summed E-state index contributed by atoms with van der Waals surface area (Å²) in [6.45, 7) is 9.93. The maximum Gasteiger partial charge on any atom is 0.253 e. The summed E-state index contributed by atoms with van der Waals surface area (Å²) in [6, 6.07) is 5.33. The van der Waals surface area contributed by atoms with E-state index in [0.29, 0.717) is 27.2 Å². The van der Waals surface area contributed by atoms with Crippen LogP contribution in [0.4, 0.5) is 0 Å². The van der Waals surface area contributed by atoms with Crippen LogP contribution in [0.1, 0.15) is 36.2 Å². The molecule has 3 nitrogen and oxygen atoms in total. The lowest BCUT2D eigenvalue weighted by Crippen LogP contribution is -2.29. The number of allylic oxidation sites excluding steroid dienone is 1. The summed E-state index contributed by atoms with van der Waals surface area (Å²) in [5.41, 5.74) is 1.80. The second-order valence-electron chi connectivity index (χ2n) is 5.33. The third-order valence-electron chi connectivity index (χ3n) is 3.45. The van der Waals surface area contributed by atoms with Crippen LogP contribution in [0.2, 0.25) is 5.02 Å². The van der Waals surface area contributed by atoms with Gasteiger partial charge in [-0.05, 0) is 24.5 Å². The van der Waals surface area contributed by atoms with E-state index in [0.717, 1.165) is 12.0 Å². The Labute approximate surface area is 148 Å². The Bertz CT molecular complexity index is 636. The van der Waals surface area contributed by atoms with Crippen LogP contribution < -0.4 is 5.32 Å². The van der Waals surface area contributed by atoms with E-state index < -0.39 is 0 Å². The predicted octanol–water partition coefficient (Wildman–Crippen LogP) is 5.13. The molecule has 0 aliphatic carbocycles. The first-order valence-electron chi connectivity index (χ1n) is 7.48. The second-order valence-corrected chi connectivity index (χ2v) is 6.16. The highest BCUT2D eigenvalue weighted by atomic mass is 35.5. The smallest absolute Gasteiger partial charge is 0.253 e. The minimum atomic E-state index is -0.268. The minimum absolute atomic E-state index is 0.191. The Balaban J connectivity index is 2.77. The van der Waals surface area contributed by atoms with Crippen molar-refractivity contribution in [1.82, 2.24) is 5.32 Å². The van der Waals surface area contributed by atoms with Gasteiger partial charge < -0.3 is 5.32 Å². The SMILES string of the molecule is C=C(Cl)C(CNC(=O)c1cccc(C)c1Cl)=N/C=C\C(C)CC. The molecule has 1 atom stereocenters. The van der Waals surface area contributed by atoms with Gasteiger partial charge in [-0.1, -0.05) is 68.3 Å². The average Bonchev–Trinajstić information content (AvgIpc) is 2.52.